The molecule has 1 aromatic rings. The Labute approximate surface area is 162 Å². The molecule has 8 heteroatoms. The van der Waals surface area contributed by atoms with Crippen molar-refractivity contribution in [2.45, 2.75) is 39.8 Å². The average Bonchev–Trinajstić information content (AvgIpc) is 2.58. The highest BCUT2D eigenvalue weighted by Crippen LogP contribution is 2.11. The minimum Gasteiger partial charge on any atom is -0.354 e. The van der Waals surface area contributed by atoms with Crippen LogP contribution in [0.4, 0.5) is 0 Å². The van der Waals surface area contributed by atoms with E-state index in [-0.39, 0.29) is 19.0 Å². The van der Waals surface area contributed by atoms with Crippen LogP contribution in [0.25, 0.3) is 0 Å². The Kier molecular flexibility index (Phi) is 8.92. The molecule has 7 nitrogen and oxygen atoms in total. The van der Waals surface area contributed by atoms with Crippen molar-refractivity contribution >= 4 is 21.8 Å². The first kappa shape index (κ1) is 23.1. The van der Waals surface area contributed by atoms with E-state index in [1.54, 1.807) is 6.92 Å². The summed E-state index contributed by atoms with van der Waals surface area (Å²) in [6, 6.07) is 8.60. The van der Waals surface area contributed by atoms with Gasteiger partial charge in [0.15, 0.2) is 0 Å². The van der Waals surface area contributed by atoms with E-state index in [4.69, 9.17) is 0 Å². The first-order valence-corrected chi connectivity index (χ1v) is 10.9. The van der Waals surface area contributed by atoms with Gasteiger partial charge in [-0.05, 0) is 24.8 Å². The number of sulfonamides is 1. The number of carbonyl (C=O) groups excluding carboxylic acids is 2. The summed E-state index contributed by atoms with van der Waals surface area (Å²) < 4.78 is 24.2. The molecule has 0 aliphatic carbocycles. The molecule has 0 bridgehead atoms. The summed E-state index contributed by atoms with van der Waals surface area (Å²) in [5.74, 6) is -0.203. The van der Waals surface area contributed by atoms with Gasteiger partial charge in [-0.1, -0.05) is 44.2 Å². The van der Waals surface area contributed by atoms with E-state index in [0.29, 0.717) is 12.5 Å². The molecular weight excluding hydrogens is 366 g/mol. The van der Waals surface area contributed by atoms with Gasteiger partial charge in [0, 0.05) is 20.1 Å². The summed E-state index contributed by atoms with van der Waals surface area (Å²) in [6.45, 7) is 6.26. The summed E-state index contributed by atoms with van der Waals surface area (Å²) in [4.78, 5) is 26.7. The molecule has 1 rings (SSSR count). The molecule has 0 radical (unpaired) electrons. The summed E-state index contributed by atoms with van der Waals surface area (Å²) in [5.41, 5.74) is 0.870. The number of rotatable bonds is 10. The third-order valence-electron chi connectivity index (χ3n) is 4.31. The lowest BCUT2D eigenvalue weighted by Gasteiger charge is -2.30. The quantitative estimate of drug-likeness (QED) is 0.647. The van der Waals surface area contributed by atoms with E-state index in [2.05, 4.69) is 19.2 Å². The third kappa shape index (κ3) is 8.09. The van der Waals surface area contributed by atoms with Crippen LogP contribution in [0.2, 0.25) is 0 Å². The monoisotopic (exact) mass is 397 g/mol. The molecule has 0 spiro atoms. The molecule has 0 heterocycles. The number of nitrogens with zero attached hydrogens (tertiary/aromatic N) is 2. The Morgan fingerprint density at radius 3 is 2.22 bits per heavy atom. The summed E-state index contributed by atoms with van der Waals surface area (Å²) in [7, 11) is -2.14. The highest BCUT2D eigenvalue weighted by molar-refractivity contribution is 7.88. The Balaban J connectivity index is 2.92. The zero-order chi connectivity index (χ0) is 20.6. The van der Waals surface area contributed by atoms with Crippen LogP contribution in [-0.4, -0.2) is 61.9 Å². The van der Waals surface area contributed by atoms with Gasteiger partial charge in [-0.25, -0.2) is 8.42 Å². The van der Waals surface area contributed by atoms with Crippen molar-refractivity contribution in [3.05, 3.63) is 35.9 Å². The van der Waals surface area contributed by atoms with Crippen LogP contribution in [0.3, 0.4) is 0 Å². The Morgan fingerprint density at radius 1 is 1.11 bits per heavy atom. The van der Waals surface area contributed by atoms with Gasteiger partial charge in [0.05, 0.1) is 12.8 Å². The number of benzene rings is 1. The zero-order valence-corrected chi connectivity index (χ0v) is 17.6. The van der Waals surface area contributed by atoms with Crippen LogP contribution in [0.1, 0.15) is 32.8 Å². The largest absolute Gasteiger partial charge is 0.354 e. The van der Waals surface area contributed by atoms with Gasteiger partial charge in [-0.3, -0.25) is 9.59 Å². The molecule has 27 heavy (non-hydrogen) atoms. The second-order valence-corrected chi connectivity index (χ2v) is 9.27. The van der Waals surface area contributed by atoms with E-state index in [1.165, 1.54) is 11.9 Å². The van der Waals surface area contributed by atoms with E-state index in [0.717, 1.165) is 22.5 Å². The van der Waals surface area contributed by atoms with E-state index >= 15 is 0 Å². The maximum absolute atomic E-state index is 12.8. The molecule has 0 saturated heterocycles. The lowest BCUT2D eigenvalue weighted by Crippen LogP contribution is -2.50. The van der Waals surface area contributed by atoms with Gasteiger partial charge in [0.2, 0.25) is 21.8 Å². The highest BCUT2D eigenvalue weighted by atomic mass is 32.2. The van der Waals surface area contributed by atoms with Crippen LogP contribution < -0.4 is 5.32 Å². The minimum absolute atomic E-state index is 0.232. The molecule has 1 unspecified atom stereocenters. The number of hydrogen-bond acceptors (Lipinski definition) is 4. The van der Waals surface area contributed by atoms with E-state index in [1.807, 2.05) is 30.3 Å². The fraction of sp³-hybridized carbons (Fsp3) is 0.579. The van der Waals surface area contributed by atoms with Crippen molar-refractivity contribution in [2.24, 2.45) is 5.92 Å². The molecule has 2 amide bonds. The van der Waals surface area contributed by atoms with Gasteiger partial charge in [0.25, 0.3) is 0 Å². The highest BCUT2D eigenvalue weighted by Gasteiger charge is 2.28. The summed E-state index contributed by atoms with van der Waals surface area (Å²) in [5, 5.41) is 2.85. The Bertz CT molecular complexity index is 720. The maximum atomic E-state index is 12.8. The van der Waals surface area contributed by atoms with Gasteiger partial charge < -0.3 is 10.2 Å². The number of likely N-dealkylation sites (N-methyl/N-ethyl adjacent to an activating group) is 1. The number of carbonyl (C=O) groups is 2. The topological polar surface area (TPSA) is 86.8 Å². The molecule has 0 aliphatic heterocycles. The minimum atomic E-state index is -3.49. The van der Waals surface area contributed by atoms with Crippen molar-refractivity contribution in [1.29, 1.82) is 0 Å². The maximum Gasteiger partial charge on any atom is 0.242 e. The number of nitrogens with one attached hydrogen (secondary N) is 1. The van der Waals surface area contributed by atoms with Crippen molar-refractivity contribution in [2.75, 3.05) is 26.4 Å². The lowest BCUT2D eigenvalue weighted by atomic mass is 10.1. The van der Waals surface area contributed by atoms with Gasteiger partial charge in [0.1, 0.15) is 6.04 Å². The summed E-state index contributed by atoms with van der Waals surface area (Å²) >= 11 is 0. The molecule has 0 aromatic heterocycles. The SMILES string of the molecule is CC(C)CCNC(=O)C(C)N(Cc1ccccc1)C(=O)CN(C)S(C)(=O)=O. The third-order valence-corrected chi connectivity index (χ3v) is 5.57. The van der Waals surface area contributed by atoms with E-state index < -0.39 is 22.0 Å². The standard InChI is InChI=1S/C19H31N3O4S/c1-15(2)11-12-20-19(24)16(3)22(13-17-9-7-6-8-10-17)18(23)14-21(4)27(5,25)26/h6-10,15-16H,11-14H2,1-5H3,(H,20,24). The Morgan fingerprint density at radius 2 is 1.70 bits per heavy atom. The van der Waals surface area contributed by atoms with Crippen molar-refractivity contribution in [1.82, 2.24) is 14.5 Å². The van der Waals surface area contributed by atoms with Crippen LogP contribution in [0.5, 0.6) is 0 Å². The van der Waals surface area contributed by atoms with Crippen molar-refractivity contribution in [3.8, 4) is 0 Å². The zero-order valence-electron chi connectivity index (χ0n) is 16.8. The molecule has 0 aliphatic rings. The normalized spacial score (nSPS) is 12.9. The lowest BCUT2D eigenvalue weighted by molar-refractivity contribution is -0.140. The van der Waals surface area contributed by atoms with Gasteiger partial charge in [-0.15, -0.1) is 0 Å². The molecule has 0 fully saturated rings. The van der Waals surface area contributed by atoms with Crippen molar-refractivity contribution < 1.29 is 18.0 Å². The predicted molar refractivity (Wildman–Crippen MR) is 106 cm³/mol. The summed E-state index contributed by atoms with van der Waals surface area (Å²) in [6.07, 6.45) is 1.89. The predicted octanol–water partition coefficient (Wildman–Crippen LogP) is 1.46. The molecule has 0 saturated carbocycles. The first-order chi connectivity index (χ1) is 12.5. The molecule has 1 atom stereocenters. The second kappa shape index (κ2) is 10.4. The molecule has 152 valence electrons. The number of amides is 2. The van der Waals surface area contributed by atoms with Crippen LogP contribution in [0.15, 0.2) is 30.3 Å². The van der Waals surface area contributed by atoms with Crippen LogP contribution >= 0.6 is 0 Å². The smallest absolute Gasteiger partial charge is 0.242 e. The van der Waals surface area contributed by atoms with Crippen molar-refractivity contribution in [3.63, 3.8) is 0 Å². The van der Waals surface area contributed by atoms with E-state index in [9.17, 15) is 18.0 Å². The van der Waals surface area contributed by atoms with Crippen LogP contribution in [-0.2, 0) is 26.2 Å². The molecular formula is C19H31N3O4S. The first-order valence-electron chi connectivity index (χ1n) is 9.04. The molecule has 1 aromatic carbocycles. The second-order valence-electron chi connectivity index (χ2n) is 7.18. The fourth-order valence-electron chi connectivity index (χ4n) is 2.39. The van der Waals surface area contributed by atoms with Gasteiger partial charge >= 0.3 is 0 Å². The average molecular weight is 398 g/mol. The number of hydrogen-bond donors (Lipinski definition) is 1. The molecule has 1 N–H and O–H groups in total. The fourth-order valence-corrected chi connectivity index (χ4v) is 2.74. The van der Waals surface area contributed by atoms with Crippen LogP contribution in [0, 0.1) is 5.92 Å². The van der Waals surface area contributed by atoms with Gasteiger partial charge in [-0.2, -0.15) is 4.31 Å². The Hall–Kier alpha value is -1.93.